The Labute approximate surface area is 118 Å². The van der Waals surface area contributed by atoms with Gasteiger partial charge in [-0.3, -0.25) is 0 Å². The van der Waals surface area contributed by atoms with Crippen LogP contribution in [0.25, 0.3) is 0 Å². The van der Waals surface area contributed by atoms with Crippen molar-refractivity contribution in [3.8, 4) is 5.75 Å². The van der Waals surface area contributed by atoms with Gasteiger partial charge in [0.2, 0.25) is 0 Å². The van der Waals surface area contributed by atoms with Crippen LogP contribution in [0, 0.1) is 18.8 Å². The van der Waals surface area contributed by atoms with Gasteiger partial charge in [0.05, 0.1) is 12.8 Å². The molecule has 108 valence electrons. The third-order valence-electron chi connectivity index (χ3n) is 3.66. The van der Waals surface area contributed by atoms with Gasteiger partial charge in [-0.15, -0.1) is 0 Å². The Balaban J connectivity index is 2.86. The van der Waals surface area contributed by atoms with Crippen LogP contribution >= 0.6 is 0 Å². The number of ether oxygens (including phenoxy) is 1. The van der Waals surface area contributed by atoms with Crippen LogP contribution in [-0.2, 0) is 0 Å². The maximum Gasteiger partial charge on any atom is 0.142 e. The number of hydrogen-bond acceptors (Lipinski definition) is 3. The van der Waals surface area contributed by atoms with Crippen molar-refractivity contribution < 1.29 is 4.74 Å². The minimum absolute atomic E-state index is 0.625. The molecule has 3 nitrogen and oxygen atoms in total. The lowest BCUT2D eigenvalue weighted by Gasteiger charge is -2.29. The molecular formula is C16H28N2O. The first-order chi connectivity index (χ1) is 8.99. The standard InChI is InChI=1S/C16H28N2O/c1-12(2)14(10-17-4)11-18(5)15-9-13(3)7-8-16(15)19-6/h7-9,12,14,17H,10-11H2,1-6H3. The summed E-state index contributed by atoms with van der Waals surface area (Å²) in [5.74, 6) is 2.23. The molecule has 0 saturated carbocycles. The number of anilines is 1. The van der Waals surface area contributed by atoms with Crippen LogP contribution in [0.1, 0.15) is 19.4 Å². The number of aryl methyl sites for hydroxylation is 1. The maximum atomic E-state index is 5.47. The molecule has 0 aliphatic carbocycles. The summed E-state index contributed by atoms with van der Waals surface area (Å²) in [6.45, 7) is 8.74. The van der Waals surface area contributed by atoms with Gasteiger partial charge in [0.25, 0.3) is 0 Å². The Morgan fingerprint density at radius 2 is 2.00 bits per heavy atom. The fourth-order valence-electron chi connectivity index (χ4n) is 2.32. The topological polar surface area (TPSA) is 24.5 Å². The first kappa shape index (κ1) is 15.8. The molecule has 0 aliphatic heterocycles. The molecule has 1 N–H and O–H groups in total. The molecule has 3 heteroatoms. The maximum absolute atomic E-state index is 5.47. The van der Waals surface area contributed by atoms with E-state index in [1.807, 2.05) is 13.1 Å². The number of hydrogen-bond donors (Lipinski definition) is 1. The molecule has 0 spiro atoms. The van der Waals surface area contributed by atoms with Crippen molar-refractivity contribution in [1.29, 1.82) is 0 Å². The van der Waals surface area contributed by atoms with E-state index < -0.39 is 0 Å². The molecule has 1 atom stereocenters. The number of benzene rings is 1. The minimum Gasteiger partial charge on any atom is -0.495 e. The van der Waals surface area contributed by atoms with Crippen molar-refractivity contribution in [3.63, 3.8) is 0 Å². The summed E-state index contributed by atoms with van der Waals surface area (Å²) in [5.41, 5.74) is 2.43. The second-order valence-electron chi connectivity index (χ2n) is 5.62. The summed E-state index contributed by atoms with van der Waals surface area (Å²) in [6.07, 6.45) is 0. The Morgan fingerprint density at radius 1 is 1.32 bits per heavy atom. The zero-order valence-corrected chi connectivity index (χ0v) is 13.2. The molecule has 0 saturated heterocycles. The second kappa shape index (κ2) is 7.39. The van der Waals surface area contributed by atoms with Crippen LogP contribution in [0.4, 0.5) is 5.69 Å². The molecule has 0 amide bonds. The number of nitrogens with zero attached hydrogens (tertiary/aromatic N) is 1. The number of rotatable bonds is 7. The van der Waals surface area contributed by atoms with E-state index >= 15 is 0 Å². The van der Waals surface area contributed by atoms with Gasteiger partial charge in [-0.25, -0.2) is 0 Å². The van der Waals surface area contributed by atoms with Crippen LogP contribution < -0.4 is 15.0 Å². The van der Waals surface area contributed by atoms with E-state index in [1.165, 1.54) is 11.3 Å². The molecule has 1 unspecified atom stereocenters. The molecule has 0 aliphatic rings. The van der Waals surface area contributed by atoms with Crippen molar-refractivity contribution in [2.24, 2.45) is 11.8 Å². The fraction of sp³-hybridized carbons (Fsp3) is 0.625. The second-order valence-corrected chi connectivity index (χ2v) is 5.62. The van der Waals surface area contributed by atoms with Gasteiger partial charge in [-0.05, 0) is 50.0 Å². The Morgan fingerprint density at radius 3 is 2.53 bits per heavy atom. The first-order valence-electron chi connectivity index (χ1n) is 7.00. The summed E-state index contributed by atoms with van der Waals surface area (Å²) in [7, 11) is 5.89. The molecule has 1 rings (SSSR count). The van der Waals surface area contributed by atoms with E-state index in [2.05, 4.69) is 50.2 Å². The zero-order valence-electron chi connectivity index (χ0n) is 13.2. The van der Waals surface area contributed by atoms with Crippen LogP contribution in [0.3, 0.4) is 0 Å². The van der Waals surface area contributed by atoms with Crippen LogP contribution in [0.15, 0.2) is 18.2 Å². The largest absolute Gasteiger partial charge is 0.495 e. The zero-order chi connectivity index (χ0) is 14.4. The van der Waals surface area contributed by atoms with E-state index in [4.69, 9.17) is 4.74 Å². The van der Waals surface area contributed by atoms with Gasteiger partial charge in [0.1, 0.15) is 5.75 Å². The number of methoxy groups -OCH3 is 1. The van der Waals surface area contributed by atoms with E-state index in [1.54, 1.807) is 7.11 Å². The van der Waals surface area contributed by atoms with E-state index in [0.717, 1.165) is 18.8 Å². The van der Waals surface area contributed by atoms with Crippen molar-refractivity contribution >= 4 is 5.69 Å². The molecule has 1 aromatic rings. The van der Waals surface area contributed by atoms with Crippen molar-refractivity contribution in [2.75, 3.05) is 39.2 Å². The van der Waals surface area contributed by atoms with Gasteiger partial charge in [-0.1, -0.05) is 19.9 Å². The predicted octanol–water partition coefficient (Wildman–Crippen LogP) is 2.93. The average Bonchev–Trinajstić information content (AvgIpc) is 2.37. The molecule has 19 heavy (non-hydrogen) atoms. The molecule has 0 fully saturated rings. The van der Waals surface area contributed by atoms with Crippen LogP contribution in [0.5, 0.6) is 5.75 Å². The van der Waals surface area contributed by atoms with E-state index in [0.29, 0.717) is 11.8 Å². The molecule has 0 bridgehead atoms. The van der Waals surface area contributed by atoms with Crippen molar-refractivity contribution in [2.45, 2.75) is 20.8 Å². The highest BCUT2D eigenvalue weighted by Gasteiger charge is 2.17. The lowest BCUT2D eigenvalue weighted by molar-refractivity contribution is 0.373. The first-order valence-corrected chi connectivity index (χ1v) is 7.00. The monoisotopic (exact) mass is 264 g/mol. The molecular weight excluding hydrogens is 236 g/mol. The van der Waals surface area contributed by atoms with Gasteiger partial charge >= 0.3 is 0 Å². The summed E-state index contributed by atoms with van der Waals surface area (Å²) in [5, 5.41) is 3.29. The van der Waals surface area contributed by atoms with Gasteiger partial charge in [-0.2, -0.15) is 0 Å². The highest BCUT2D eigenvalue weighted by molar-refractivity contribution is 5.59. The normalized spacial score (nSPS) is 12.6. The Hall–Kier alpha value is -1.22. The predicted molar refractivity (Wildman–Crippen MR) is 83.3 cm³/mol. The van der Waals surface area contributed by atoms with E-state index in [9.17, 15) is 0 Å². The average molecular weight is 264 g/mol. The van der Waals surface area contributed by atoms with E-state index in [-0.39, 0.29) is 0 Å². The number of nitrogens with one attached hydrogen (secondary N) is 1. The van der Waals surface area contributed by atoms with Crippen molar-refractivity contribution in [1.82, 2.24) is 5.32 Å². The van der Waals surface area contributed by atoms with Gasteiger partial charge in [0, 0.05) is 13.6 Å². The van der Waals surface area contributed by atoms with Gasteiger partial charge < -0.3 is 15.0 Å². The molecule has 0 aromatic heterocycles. The SMILES string of the molecule is CNCC(CN(C)c1cc(C)ccc1OC)C(C)C. The Kier molecular flexibility index (Phi) is 6.16. The van der Waals surface area contributed by atoms with Crippen molar-refractivity contribution in [3.05, 3.63) is 23.8 Å². The quantitative estimate of drug-likeness (QED) is 0.819. The molecule has 0 heterocycles. The summed E-state index contributed by atoms with van der Waals surface area (Å²) in [4.78, 5) is 2.30. The molecule has 1 aromatic carbocycles. The highest BCUT2D eigenvalue weighted by atomic mass is 16.5. The minimum atomic E-state index is 0.625. The van der Waals surface area contributed by atoms with Crippen LogP contribution in [-0.4, -0.2) is 34.3 Å². The highest BCUT2D eigenvalue weighted by Crippen LogP contribution is 2.29. The summed E-state index contributed by atoms with van der Waals surface area (Å²) >= 11 is 0. The van der Waals surface area contributed by atoms with Gasteiger partial charge in [0.15, 0.2) is 0 Å². The smallest absolute Gasteiger partial charge is 0.142 e. The fourth-order valence-corrected chi connectivity index (χ4v) is 2.32. The third kappa shape index (κ3) is 4.43. The third-order valence-corrected chi connectivity index (χ3v) is 3.66. The summed E-state index contributed by atoms with van der Waals surface area (Å²) in [6, 6.07) is 6.32. The molecule has 0 radical (unpaired) electrons. The Bertz CT molecular complexity index is 390. The summed E-state index contributed by atoms with van der Waals surface area (Å²) < 4.78 is 5.47. The lowest BCUT2D eigenvalue weighted by Crippen LogP contribution is -2.34. The lowest BCUT2D eigenvalue weighted by atomic mass is 9.95. The van der Waals surface area contributed by atoms with Crippen LogP contribution in [0.2, 0.25) is 0 Å².